The fourth-order valence-electron chi connectivity index (χ4n) is 2.70. The predicted molar refractivity (Wildman–Crippen MR) is 109 cm³/mol. The molecule has 0 N–H and O–H groups in total. The van der Waals surface area contributed by atoms with Crippen LogP contribution in [0.1, 0.15) is 53.2 Å². The molecule has 0 atom stereocenters. The average Bonchev–Trinajstić information content (AvgIpc) is 3.19. The molecule has 1 aromatic carbocycles. The van der Waals surface area contributed by atoms with Crippen molar-refractivity contribution >= 4 is 35.1 Å². The lowest BCUT2D eigenvalue weighted by Gasteiger charge is -2.07. The molecule has 1 aromatic heterocycles. The predicted octanol–water partition coefficient (Wildman–Crippen LogP) is 1.48. The monoisotopic (exact) mass is 460 g/mol. The van der Waals surface area contributed by atoms with E-state index in [1.54, 1.807) is 0 Å². The van der Waals surface area contributed by atoms with Crippen molar-refractivity contribution in [1.29, 1.82) is 0 Å². The van der Waals surface area contributed by atoms with Crippen LogP contribution in [-0.2, 0) is 35.2 Å². The summed E-state index contributed by atoms with van der Waals surface area (Å²) in [4.78, 5) is 71.9. The van der Waals surface area contributed by atoms with Crippen molar-refractivity contribution in [3.05, 3.63) is 53.1 Å². The van der Waals surface area contributed by atoms with Crippen molar-refractivity contribution in [3.63, 3.8) is 0 Å². The quantitative estimate of drug-likeness (QED) is 0.199. The molecule has 10 nitrogen and oxygen atoms in total. The van der Waals surface area contributed by atoms with Crippen LogP contribution in [0.3, 0.4) is 0 Å². The highest BCUT2D eigenvalue weighted by Crippen LogP contribution is 2.14. The van der Waals surface area contributed by atoms with E-state index < -0.39 is 53.7 Å². The second kappa shape index (κ2) is 11.6. The molecule has 0 aliphatic rings. The average molecular weight is 460 g/mol. The summed E-state index contributed by atoms with van der Waals surface area (Å²) in [5.41, 5.74) is 0.0254. The second-order valence-electron chi connectivity index (χ2n) is 6.69. The highest BCUT2D eigenvalue weighted by molar-refractivity contribution is 6.38. The summed E-state index contributed by atoms with van der Waals surface area (Å²) in [6.07, 6.45) is -1.66. The Bertz CT molecular complexity index is 1090. The number of hydrogen-bond donors (Lipinski definition) is 0. The van der Waals surface area contributed by atoms with Crippen LogP contribution in [0.25, 0.3) is 0 Å². The summed E-state index contributed by atoms with van der Waals surface area (Å²) in [5.74, 6) is -6.67. The van der Waals surface area contributed by atoms with Gasteiger partial charge in [-0.1, -0.05) is 12.1 Å². The highest BCUT2D eigenvalue weighted by atomic mass is 19.1. The number of nitrogens with zero attached hydrogens (tertiary/aromatic N) is 2. The Kier molecular flexibility index (Phi) is 8.84. The van der Waals surface area contributed by atoms with Gasteiger partial charge in [0.2, 0.25) is 11.6 Å². The molecule has 174 valence electrons. The summed E-state index contributed by atoms with van der Waals surface area (Å²) in [6, 6.07) is 6.30. The van der Waals surface area contributed by atoms with E-state index in [1.165, 1.54) is 38.1 Å². The summed E-state index contributed by atoms with van der Waals surface area (Å²) in [5, 5.41) is 4.02. The molecule has 0 amide bonds. The van der Waals surface area contributed by atoms with E-state index in [2.05, 4.69) is 14.6 Å². The summed E-state index contributed by atoms with van der Waals surface area (Å²) in [6.45, 7) is 2.83. The van der Waals surface area contributed by atoms with Crippen LogP contribution in [0, 0.1) is 5.82 Å². The summed E-state index contributed by atoms with van der Waals surface area (Å²) in [7, 11) is 0. The Morgan fingerprint density at radius 3 is 1.88 bits per heavy atom. The van der Waals surface area contributed by atoms with Gasteiger partial charge in [0.25, 0.3) is 0 Å². The van der Waals surface area contributed by atoms with Gasteiger partial charge in [0.15, 0.2) is 11.6 Å². The van der Waals surface area contributed by atoms with E-state index in [0.717, 1.165) is 10.7 Å². The lowest BCUT2D eigenvalue weighted by Crippen LogP contribution is -2.22. The van der Waals surface area contributed by atoms with Crippen molar-refractivity contribution in [2.24, 2.45) is 0 Å². The van der Waals surface area contributed by atoms with Crippen LogP contribution >= 0.6 is 0 Å². The number of rotatable bonds is 12. The van der Waals surface area contributed by atoms with E-state index in [4.69, 9.17) is 0 Å². The minimum Gasteiger partial charge on any atom is -0.460 e. The van der Waals surface area contributed by atoms with E-state index in [-0.39, 0.29) is 31.1 Å². The maximum Gasteiger partial charge on any atom is 0.375 e. The van der Waals surface area contributed by atoms with Gasteiger partial charge in [-0.15, -0.1) is 0 Å². The number of benzene rings is 1. The standard InChI is InChI=1S/C22H21FN2O8/c1-3-32-21(30)19(28)10-17(26)15-9-16(18(27)11-20(29)22(31)33-4-2)25(24-15)12-13-5-7-14(23)8-6-13/h5-9H,3-4,10-12H2,1-2H3. The first-order valence-corrected chi connectivity index (χ1v) is 9.94. The third-order valence-corrected chi connectivity index (χ3v) is 4.25. The fourth-order valence-corrected chi connectivity index (χ4v) is 2.70. The normalized spacial score (nSPS) is 10.4. The maximum atomic E-state index is 13.2. The number of ether oxygens (including phenoxy) is 2. The zero-order valence-corrected chi connectivity index (χ0v) is 18.0. The van der Waals surface area contributed by atoms with Gasteiger partial charge in [0.05, 0.1) is 32.6 Å². The van der Waals surface area contributed by atoms with E-state index >= 15 is 0 Å². The first-order valence-electron chi connectivity index (χ1n) is 9.94. The van der Waals surface area contributed by atoms with Crippen molar-refractivity contribution in [2.45, 2.75) is 33.2 Å². The molecule has 0 unspecified atom stereocenters. The summed E-state index contributed by atoms with van der Waals surface area (Å²) >= 11 is 0. The lowest BCUT2D eigenvalue weighted by atomic mass is 10.1. The van der Waals surface area contributed by atoms with Gasteiger partial charge < -0.3 is 9.47 Å². The molecule has 0 aliphatic carbocycles. The minimum absolute atomic E-state index is 0.0434. The topological polar surface area (TPSA) is 139 Å². The first kappa shape index (κ1) is 25.2. The number of Topliss-reactive ketones (excluding diaryl/α,β-unsaturated/α-hetero) is 4. The van der Waals surface area contributed by atoms with Crippen molar-refractivity contribution < 1.29 is 42.6 Å². The maximum absolute atomic E-state index is 13.2. The van der Waals surface area contributed by atoms with Gasteiger partial charge in [-0.2, -0.15) is 5.10 Å². The van der Waals surface area contributed by atoms with Gasteiger partial charge in [0, 0.05) is 0 Å². The van der Waals surface area contributed by atoms with Crippen molar-refractivity contribution in [3.8, 4) is 0 Å². The Labute approximate surface area is 187 Å². The highest BCUT2D eigenvalue weighted by Gasteiger charge is 2.27. The van der Waals surface area contributed by atoms with Crippen molar-refractivity contribution in [2.75, 3.05) is 13.2 Å². The molecule has 1 heterocycles. The molecule has 0 aliphatic heterocycles. The molecular formula is C22H21FN2O8. The third kappa shape index (κ3) is 6.99. The van der Waals surface area contributed by atoms with E-state index in [1.807, 2.05) is 0 Å². The molecule has 0 radical (unpaired) electrons. The number of carbonyl (C=O) groups is 6. The molecule has 11 heteroatoms. The Balaban J connectivity index is 2.31. The smallest absolute Gasteiger partial charge is 0.375 e. The van der Waals surface area contributed by atoms with Crippen LogP contribution in [0.4, 0.5) is 4.39 Å². The molecular weight excluding hydrogens is 439 g/mol. The second-order valence-corrected chi connectivity index (χ2v) is 6.69. The van der Waals surface area contributed by atoms with Gasteiger partial charge >= 0.3 is 11.9 Å². The molecule has 0 saturated heterocycles. The van der Waals surface area contributed by atoms with Gasteiger partial charge in [-0.05, 0) is 37.6 Å². The Hall–Kier alpha value is -4.02. The van der Waals surface area contributed by atoms with Gasteiger partial charge in [-0.3, -0.25) is 23.9 Å². The molecule has 0 bridgehead atoms. The largest absolute Gasteiger partial charge is 0.460 e. The molecule has 2 rings (SSSR count). The SMILES string of the molecule is CCOC(=O)C(=O)CC(=O)c1cc(C(=O)CC(=O)C(=O)OCC)n(Cc2ccc(F)cc2)n1. The summed E-state index contributed by atoms with van der Waals surface area (Å²) < 4.78 is 23.4. The number of aromatic nitrogens is 2. The molecule has 0 fully saturated rings. The zero-order chi connectivity index (χ0) is 24.5. The number of esters is 2. The fraction of sp³-hybridized carbons (Fsp3) is 0.318. The van der Waals surface area contributed by atoms with Crippen LogP contribution in [0.5, 0.6) is 0 Å². The number of ketones is 4. The van der Waals surface area contributed by atoms with E-state index in [9.17, 15) is 33.2 Å². The number of carbonyl (C=O) groups excluding carboxylic acids is 6. The first-order chi connectivity index (χ1) is 15.7. The van der Waals surface area contributed by atoms with Crippen LogP contribution in [0.15, 0.2) is 30.3 Å². The zero-order valence-electron chi connectivity index (χ0n) is 18.0. The molecule has 0 spiro atoms. The lowest BCUT2D eigenvalue weighted by molar-refractivity contribution is -0.153. The van der Waals surface area contributed by atoms with Gasteiger partial charge in [-0.25, -0.2) is 14.0 Å². The number of halogens is 1. The third-order valence-electron chi connectivity index (χ3n) is 4.25. The van der Waals surface area contributed by atoms with Crippen molar-refractivity contribution in [1.82, 2.24) is 9.78 Å². The Morgan fingerprint density at radius 1 is 0.848 bits per heavy atom. The minimum atomic E-state index is -1.17. The number of hydrogen-bond acceptors (Lipinski definition) is 9. The van der Waals surface area contributed by atoms with Crippen LogP contribution in [-0.4, -0.2) is 58.1 Å². The van der Waals surface area contributed by atoms with Gasteiger partial charge in [0.1, 0.15) is 17.2 Å². The van der Waals surface area contributed by atoms with E-state index in [0.29, 0.717) is 5.56 Å². The molecule has 2 aromatic rings. The molecule has 0 saturated carbocycles. The van der Waals surface area contributed by atoms with Crippen LogP contribution in [0.2, 0.25) is 0 Å². The molecule has 33 heavy (non-hydrogen) atoms. The Morgan fingerprint density at radius 2 is 1.36 bits per heavy atom. The van der Waals surface area contributed by atoms with Crippen LogP contribution < -0.4 is 0 Å².